The lowest BCUT2D eigenvalue weighted by Gasteiger charge is -2.31. The van der Waals surface area contributed by atoms with Crippen molar-refractivity contribution in [3.8, 4) is 0 Å². The molecule has 142 valence electrons. The third-order valence-corrected chi connectivity index (χ3v) is 5.52. The Bertz CT molecular complexity index is 1010. The maximum Gasteiger partial charge on any atom is 0.335 e. The van der Waals surface area contributed by atoms with Crippen LogP contribution < -0.4 is 10.2 Å². The average molecular weight is 442 g/mol. The van der Waals surface area contributed by atoms with Gasteiger partial charge < -0.3 is 15.3 Å². The molecule has 2 aromatic carbocycles. The number of halogens is 1. The molecule has 2 aromatic rings. The summed E-state index contributed by atoms with van der Waals surface area (Å²) >= 11 is 3.39. The van der Waals surface area contributed by atoms with E-state index in [2.05, 4.69) is 21.2 Å². The highest BCUT2D eigenvalue weighted by molar-refractivity contribution is 9.10. The summed E-state index contributed by atoms with van der Waals surface area (Å²) in [6.07, 6.45) is 0. The smallest absolute Gasteiger partial charge is 0.335 e. The molecule has 0 radical (unpaired) electrons. The third kappa shape index (κ3) is 2.95. The van der Waals surface area contributed by atoms with Crippen LogP contribution in [0.2, 0.25) is 0 Å². The fraction of sp³-hybridized carbons (Fsp3) is 0.150. The minimum absolute atomic E-state index is 0.148. The van der Waals surface area contributed by atoms with E-state index in [1.165, 1.54) is 17.0 Å². The van der Waals surface area contributed by atoms with Crippen molar-refractivity contribution in [1.29, 1.82) is 0 Å². The summed E-state index contributed by atoms with van der Waals surface area (Å²) in [5.41, 5.74) is 2.71. The second kappa shape index (κ2) is 6.79. The van der Waals surface area contributed by atoms with E-state index in [4.69, 9.17) is 5.11 Å². The molecule has 2 N–H and O–H groups in total. The van der Waals surface area contributed by atoms with Gasteiger partial charge in [0.15, 0.2) is 0 Å². The average Bonchev–Trinajstić information content (AvgIpc) is 3.03. The molecule has 0 spiro atoms. The summed E-state index contributed by atoms with van der Waals surface area (Å²) in [4.78, 5) is 39.7. The quantitative estimate of drug-likeness (QED) is 0.765. The zero-order valence-electron chi connectivity index (χ0n) is 14.8. The Morgan fingerprint density at radius 2 is 1.75 bits per heavy atom. The van der Waals surface area contributed by atoms with E-state index in [1.54, 1.807) is 24.1 Å². The van der Waals surface area contributed by atoms with Gasteiger partial charge in [-0.05, 0) is 42.0 Å². The van der Waals surface area contributed by atoms with Crippen molar-refractivity contribution in [2.24, 2.45) is 0 Å². The van der Waals surface area contributed by atoms with E-state index < -0.39 is 12.0 Å². The number of likely N-dealkylation sites (N-methyl/N-ethyl adjacent to an activating group) is 1. The molecule has 7 nitrogen and oxygen atoms in total. The Balaban J connectivity index is 1.71. The first-order chi connectivity index (χ1) is 13.4. The van der Waals surface area contributed by atoms with Crippen LogP contribution >= 0.6 is 15.9 Å². The van der Waals surface area contributed by atoms with Crippen LogP contribution in [0.5, 0.6) is 0 Å². The third-order valence-electron chi connectivity index (χ3n) is 4.99. The van der Waals surface area contributed by atoms with Gasteiger partial charge in [0, 0.05) is 17.2 Å². The van der Waals surface area contributed by atoms with Gasteiger partial charge >= 0.3 is 12.0 Å². The van der Waals surface area contributed by atoms with Crippen LogP contribution in [0, 0.1) is 0 Å². The largest absolute Gasteiger partial charge is 0.478 e. The number of nitrogens with one attached hydrogen (secondary N) is 1. The van der Waals surface area contributed by atoms with E-state index in [9.17, 15) is 14.4 Å². The molecule has 0 unspecified atom stereocenters. The first kappa shape index (κ1) is 18.2. The molecule has 28 heavy (non-hydrogen) atoms. The Morgan fingerprint density at radius 3 is 2.36 bits per heavy atom. The maximum atomic E-state index is 13.2. The number of nitrogens with zero attached hydrogens (tertiary/aromatic N) is 2. The van der Waals surface area contributed by atoms with Crippen LogP contribution in [-0.2, 0) is 4.79 Å². The number of rotatable bonds is 3. The van der Waals surface area contributed by atoms with Crippen molar-refractivity contribution in [3.05, 3.63) is 75.4 Å². The van der Waals surface area contributed by atoms with E-state index in [0.717, 1.165) is 10.0 Å². The Hall–Kier alpha value is -3.13. The van der Waals surface area contributed by atoms with E-state index in [1.807, 2.05) is 24.3 Å². The van der Waals surface area contributed by atoms with Crippen molar-refractivity contribution >= 4 is 39.5 Å². The predicted molar refractivity (Wildman–Crippen MR) is 106 cm³/mol. The molecule has 0 aliphatic carbocycles. The Kier molecular flexibility index (Phi) is 4.43. The van der Waals surface area contributed by atoms with Crippen molar-refractivity contribution in [3.63, 3.8) is 0 Å². The SMILES string of the molecule is CN1C(=O)N[C@@H](c2ccc(Br)cc2)C2=C1CN(c1ccc(C(=O)O)cc1)C2=O. The van der Waals surface area contributed by atoms with Gasteiger partial charge in [-0.15, -0.1) is 0 Å². The molecule has 0 saturated heterocycles. The maximum absolute atomic E-state index is 13.2. The van der Waals surface area contributed by atoms with Gasteiger partial charge in [-0.3, -0.25) is 9.69 Å². The number of carboxylic acids is 1. The lowest BCUT2D eigenvalue weighted by Crippen LogP contribution is -2.45. The minimum Gasteiger partial charge on any atom is -0.478 e. The number of carbonyl (C=O) groups excluding carboxylic acids is 2. The topological polar surface area (TPSA) is 90.0 Å². The lowest BCUT2D eigenvalue weighted by atomic mass is 9.96. The number of amides is 3. The van der Waals surface area contributed by atoms with Gasteiger partial charge in [-0.1, -0.05) is 28.1 Å². The van der Waals surface area contributed by atoms with Crippen molar-refractivity contribution < 1.29 is 19.5 Å². The molecule has 0 bridgehead atoms. The van der Waals surface area contributed by atoms with Gasteiger partial charge in [0.1, 0.15) is 0 Å². The number of anilines is 1. The molecule has 0 fully saturated rings. The molecule has 0 aromatic heterocycles. The summed E-state index contributed by atoms with van der Waals surface area (Å²) in [5, 5.41) is 11.9. The Morgan fingerprint density at radius 1 is 1.11 bits per heavy atom. The highest BCUT2D eigenvalue weighted by Gasteiger charge is 2.43. The molecule has 2 aliphatic heterocycles. The second-order valence-electron chi connectivity index (χ2n) is 6.60. The standard InChI is InChI=1S/C20H16BrN3O4/c1-23-15-10-24(14-8-4-12(5-9-14)19(26)27)18(25)16(15)17(22-20(23)28)11-2-6-13(21)7-3-11/h2-9,17H,10H2,1H3,(H,22,28)(H,26,27)/t17-/m0/s1. The molecule has 2 aliphatic rings. The fourth-order valence-electron chi connectivity index (χ4n) is 3.47. The van der Waals surface area contributed by atoms with Crippen molar-refractivity contribution in [2.45, 2.75) is 6.04 Å². The molecule has 4 rings (SSSR count). The van der Waals surface area contributed by atoms with Crippen molar-refractivity contribution in [1.82, 2.24) is 10.2 Å². The van der Waals surface area contributed by atoms with Gasteiger partial charge in [0.2, 0.25) is 0 Å². The van der Waals surface area contributed by atoms with E-state index in [0.29, 0.717) is 17.0 Å². The highest BCUT2D eigenvalue weighted by atomic mass is 79.9. The molecule has 3 amide bonds. The van der Waals surface area contributed by atoms with Crippen LogP contribution in [0.25, 0.3) is 0 Å². The lowest BCUT2D eigenvalue weighted by molar-refractivity contribution is -0.114. The Labute approximate surface area is 169 Å². The zero-order valence-corrected chi connectivity index (χ0v) is 16.4. The van der Waals surface area contributed by atoms with Gasteiger partial charge in [-0.2, -0.15) is 0 Å². The molecule has 0 saturated carbocycles. The molecule has 1 atom stereocenters. The zero-order chi connectivity index (χ0) is 20.0. The first-order valence-corrected chi connectivity index (χ1v) is 9.34. The monoisotopic (exact) mass is 441 g/mol. The van der Waals surface area contributed by atoms with Crippen LogP contribution in [0.1, 0.15) is 22.0 Å². The summed E-state index contributed by atoms with van der Waals surface area (Å²) in [5.74, 6) is -1.24. The number of carboxylic acid groups (broad SMARTS) is 1. The second-order valence-corrected chi connectivity index (χ2v) is 7.51. The van der Waals surface area contributed by atoms with E-state index in [-0.39, 0.29) is 24.0 Å². The number of benzene rings is 2. The summed E-state index contributed by atoms with van der Waals surface area (Å²) in [7, 11) is 1.63. The summed E-state index contributed by atoms with van der Waals surface area (Å²) < 4.78 is 0.905. The summed E-state index contributed by atoms with van der Waals surface area (Å²) in [6, 6.07) is 12.8. The van der Waals surface area contributed by atoms with Crippen LogP contribution in [0.15, 0.2) is 64.3 Å². The number of hydrogen-bond donors (Lipinski definition) is 2. The highest BCUT2D eigenvalue weighted by Crippen LogP contribution is 2.37. The number of hydrogen-bond acceptors (Lipinski definition) is 3. The number of urea groups is 1. The van der Waals surface area contributed by atoms with Crippen LogP contribution in [-0.4, -0.2) is 41.5 Å². The number of aromatic carboxylic acids is 1. The van der Waals surface area contributed by atoms with Crippen LogP contribution in [0.3, 0.4) is 0 Å². The number of carbonyl (C=O) groups is 3. The molecule has 8 heteroatoms. The predicted octanol–water partition coefficient (Wildman–Crippen LogP) is 3.14. The molecular weight excluding hydrogens is 426 g/mol. The van der Waals surface area contributed by atoms with Crippen LogP contribution in [0.4, 0.5) is 10.5 Å². The van der Waals surface area contributed by atoms with Crippen molar-refractivity contribution in [2.75, 3.05) is 18.5 Å². The van der Waals surface area contributed by atoms with Gasteiger partial charge in [0.05, 0.1) is 29.4 Å². The van der Waals surface area contributed by atoms with Gasteiger partial charge in [-0.25, -0.2) is 9.59 Å². The summed E-state index contributed by atoms with van der Waals surface area (Å²) in [6.45, 7) is 0.248. The fourth-order valence-corrected chi connectivity index (χ4v) is 3.73. The van der Waals surface area contributed by atoms with Gasteiger partial charge in [0.25, 0.3) is 5.91 Å². The molecular formula is C20H16BrN3O4. The normalized spacial score (nSPS) is 19.0. The van der Waals surface area contributed by atoms with E-state index >= 15 is 0 Å². The minimum atomic E-state index is -1.03. The molecule has 2 heterocycles. The first-order valence-electron chi connectivity index (χ1n) is 8.55.